The first-order valence-electron chi connectivity index (χ1n) is 10.3. The van der Waals surface area contributed by atoms with Crippen molar-refractivity contribution in [2.45, 2.75) is 31.5 Å². The molecule has 2 atom stereocenters. The molecule has 2 saturated heterocycles. The number of rotatable bonds is 6. The fraction of sp³-hybridized carbons (Fsp3) is 0.391. The van der Waals surface area contributed by atoms with Crippen LogP contribution in [0.5, 0.6) is 0 Å². The van der Waals surface area contributed by atoms with Gasteiger partial charge in [0, 0.05) is 53.2 Å². The SMILES string of the molecule is CN[C@H]1CCN(c2ccc(NCc3ccc(C4=CC=C5OCOC5C4)s3)cc2)C1. The molecule has 5 rings (SSSR count). The van der Waals surface area contributed by atoms with Crippen LogP contribution < -0.4 is 15.5 Å². The number of allylic oxidation sites excluding steroid dienone is 2. The number of nitrogens with zero attached hydrogens (tertiary/aromatic N) is 1. The van der Waals surface area contributed by atoms with Gasteiger partial charge in [0.2, 0.25) is 0 Å². The molecule has 2 aliphatic heterocycles. The molecular weight excluding hydrogens is 382 g/mol. The normalized spacial score (nSPS) is 23.4. The van der Waals surface area contributed by atoms with Crippen LogP contribution in [-0.4, -0.2) is 39.1 Å². The summed E-state index contributed by atoms with van der Waals surface area (Å²) in [5.41, 5.74) is 3.80. The molecule has 1 aromatic heterocycles. The van der Waals surface area contributed by atoms with Gasteiger partial charge in [0.1, 0.15) is 11.9 Å². The summed E-state index contributed by atoms with van der Waals surface area (Å²) in [5.74, 6) is 0.964. The molecule has 0 amide bonds. The summed E-state index contributed by atoms with van der Waals surface area (Å²) in [6.07, 6.45) is 6.42. The highest BCUT2D eigenvalue weighted by molar-refractivity contribution is 7.13. The Morgan fingerprint density at radius 2 is 2.03 bits per heavy atom. The van der Waals surface area contributed by atoms with E-state index in [1.165, 1.54) is 27.4 Å². The highest BCUT2D eigenvalue weighted by Crippen LogP contribution is 2.35. The lowest BCUT2D eigenvalue weighted by Gasteiger charge is -2.19. The summed E-state index contributed by atoms with van der Waals surface area (Å²) in [6.45, 7) is 3.43. The summed E-state index contributed by atoms with van der Waals surface area (Å²) in [4.78, 5) is 5.10. The van der Waals surface area contributed by atoms with Crippen LogP contribution in [0.4, 0.5) is 11.4 Å². The summed E-state index contributed by atoms with van der Waals surface area (Å²) < 4.78 is 11.1. The number of thiophene rings is 1. The molecule has 3 aliphatic rings. The van der Waals surface area contributed by atoms with E-state index < -0.39 is 0 Å². The van der Waals surface area contributed by atoms with Crippen LogP contribution >= 0.6 is 11.3 Å². The van der Waals surface area contributed by atoms with Crippen molar-refractivity contribution in [2.75, 3.05) is 37.1 Å². The minimum Gasteiger partial charge on any atom is -0.469 e. The third-order valence-electron chi connectivity index (χ3n) is 5.94. The second kappa shape index (κ2) is 8.22. The van der Waals surface area contributed by atoms with Gasteiger partial charge in [-0.3, -0.25) is 0 Å². The van der Waals surface area contributed by atoms with Crippen LogP contribution in [0, 0.1) is 0 Å². The van der Waals surface area contributed by atoms with Crippen LogP contribution in [0.15, 0.2) is 54.3 Å². The Morgan fingerprint density at radius 1 is 1.14 bits per heavy atom. The zero-order chi connectivity index (χ0) is 19.6. The third kappa shape index (κ3) is 4.06. The fourth-order valence-corrected chi connectivity index (χ4v) is 5.14. The molecule has 1 unspecified atom stereocenters. The maximum absolute atomic E-state index is 5.63. The Labute approximate surface area is 176 Å². The molecule has 29 heavy (non-hydrogen) atoms. The molecule has 0 saturated carbocycles. The Bertz CT molecular complexity index is 918. The van der Waals surface area contributed by atoms with Crippen LogP contribution in [0.1, 0.15) is 22.6 Å². The number of nitrogens with one attached hydrogen (secondary N) is 2. The minimum atomic E-state index is 0.0937. The molecule has 2 fully saturated rings. The van der Waals surface area contributed by atoms with Gasteiger partial charge < -0.3 is 25.0 Å². The standard InChI is InChI=1S/C23H27N3O2S/c1-24-18-10-11-26(14-18)19-5-3-17(4-6-19)25-13-20-7-9-23(29-20)16-2-8-21-22(12-16)28-15-27-21/h2-9,18,22,24-25H,10-15H2,1H3/t18-,22?/m0/s1. The summed E-state index contributed by atoms with van der Waals surface area (Å²) >= 11 is 1.85. The predicted octanol–water partition coefficient (Wildman–Crippen LogP) is 4.20. The molecule has 3 heterocycles. The summed E-state index contributed by atoms with van der Waals surface area (Å²) in [7, 11) is 2.05. The van der Waals surface area contributed by atoms with E-state index in [1.54, 1.807) is 0 Å². The molecule has 152 valence electrons. The molecule has 0 spiro atoms. The number of ether oxygens (including phenoxy) is 2. The lowest BCUT2D eigenvalue weighted by Crippen LogP contribution is -2.29. The van der Waals surface area contributed by atoms with Crippen LogP contribution in [0.3, 0.4) is 0 Å². The van der Waals surface area contributed by atoms with Crippen molar-refractivity contribution < 1.29 is 9.47 Å². The van der Waals surface area contributed by atoms with Gasteiger partial charge in [0.25, 0.3) is 0 Å². The second-order valence-electron chi connectivity index (χ2n) is 7.77. The van der Waals surface area contributed by atoms with Crippen molar-refractivity contribution in [3.05, 3.63) is 64.1 Å². The molecule has 0 bridgehead atoms. The third-order valence-corrected chi connectivity index (χ3v) is 7.10. The summed E-state index contributed by atoms with van der Waals surface area (Å²) in [6, 6.07) is 13.9. The van der Waals surface area contributed by atoms with Crippen molar-refractivity contribution in [1.82, 2.24) is 5.32 Å². The number of hydrogen-bond acceptors (Lipinski definition) is 6. The van der Waals surface area contributed by atoms with E-state index in [2.05, 4.69) is 64.1 Å². The second-order valence-corrected chi connectivity index (χ2v) is 8.94. The van der Waals surface area contributed by atoms with Crippen molar-refractivity contribution in [1.29, 1.82) is 0 Å². The van der Waals surface area contributed by atoms with Gasteiger partial charge in [-0.1, -0.05) is 6.08 Å². The van der Waals surface area contributed by atoms with E-state index in [9.17, 15) is 0 Å². The highest BCUT2D eigenvalue weighted by Gasteiger charge is 2.27. The average Bonchev–Trinajstić information content (AvgIpc) is 3.52. The molecule has 1 aromatic carbocycles. The van der Waals surface area contributed by atoms with E-state index in [4.69, 9.17) is 9.47 Å². The zero-order valence-corrected chi connectivity index (χ0v) is 17.5. The van der Waals surface area contributed by atoms with Gasteiger partial charge in [-0.2, -0.15) is 0 Å². The van der Waals surface area contributed by atoms with E-state index in [0.717, 1.165) is 37.5 Å². The first kappa shape index (κ1) is 18.7. The van der Waals surface area contributed by atoms with Gasteiger partial charge in [-0.05, 0) is 61.5 Å². The van der Waals surface area contributed by atoms with Crippen LogP contribution in [-0.2, 0) is 16.0 Å². The van der Waals surface area contributed by atoms with Gasteiger partial charge in [-0.15, -0.1) is 11.3 Å². The molecule has 5 nitrogen and oxygen atoms in total. The summed E-state index contributed by atoms with van der Waals surface area (Å²) in [5, 5.41) is 6.93. The Morgan fingerprint density at radius 3 is 2.86 bits per heavy atom. The fourth-order valence-electron chi connectivity index (χ4n) is 4.16. The van der Waals surface area contributed by atoms with Gasteiger partial charge in [-0.25, -0.2) is 0 Å². The quantitative estimate of drug-likeness (QED) is 0.749. The maximum Gasteiger partial charge on any atom is 0.189 e. The lowest BCUT2D eigenvalue weighted by atomic mass is 10.00. The molecule has 2 aromatic rings. The smallest absolute Gasteiger partial charge is 0.189 e. The number of fused-ring (bicyclic) bond motifs is 1. The van der Waals surface area contributed by atoms with Gasteiger partial charge in [0.15, 0.2) is 6.79 Å². The molecular formula is C23H27N3O2S. The van der Waals surface area contributed by atoms with Crippen molar-refractivity contribution in [3.8, 4) is 0 Å². The first-order chi connectivity index (χ1) is 14.3. The average molecular weight is 410 g/mol. The van der Waals surface area contributed by atoms with Crippen molar-refractivity contribution >= 4 is 28.3 Å². The molecule has 0 radical (unpaired) electrons. The Balaban J connectivity index is 1.17. The van der Waals surface area contributed by atoms with E-state index in [-0.39, 0.29) is 6.10 Å². The predicted molar refractivity (Wildman–Crippen MR) is 119 cm³/mol. The van der Waals surface area contributed by atoms with E-state index >= 15 is 0 Å². The Kier molecular flexibility index (Phi) is 5.31. The van der Waals surface area contributed by atoms with E-state index in [1.807, 2.05) is 18.4 Å². The van der Waals surface area contributed by atoms with Crippen LogP contribution in [0.2, 0.25) is 0 Å². The largest absolute Gasteiger partial charge is 0.469 e. The van der Waals surface area contributed by atoms with Crippen molar-refractivity contribution in [3.63, 3.8) is 0 Å². The molecule has 6 heteroatoms. The number of hydrogen-bond donors (Lipinski definition) is 2. The first-order valence-corrected chi connectivity index (χ1v) is 11.1. The monoisotopic (exact) mass is 409 g/mol. The number of anilines is 2. The number of likely N-dealkylation sites (N-methyl/N-ethyl adjacent to an activating group) is 1. The Hall–Kier alpha value is -2.28. The minimum absolute atomic E-state index is 0.0937. The number of benzene rings is 1. The van der Waals surface area contributed by atoms with Crippen LogP contribution in [0.25, 0.3) is 5.57 Å². The molecule has 2 N–H and O–H groups in total. The highest BCUT2D eigenvalue weighted by atomic mass is 32.1. The lowest BCUT2D eigenvalue weighted by molar-refractivity contribution is 0.0515. The van der Waals surface area contributed by atoms with Gasteiger partial charge in [0.05, 0.1) is 0 Å². The zero-order valence-electron chi connectivity index (χ0n) is 16.7. The van der Waals surface area contributed by atoms with Gasteiger partial charge >= 0.3 is 0 Å². The van der Waals surface area contributed by atoms with E-state index in [0.29, 0.717) is 12.8 Å². The topological polar surface area (TPSA) is 45.8 Å². The molecule has 1 aliphatic carbocycles. The maximum atomic E-state index is 5.63. The van der Waals surface area contributed by atoms with Crippen molar-refractivity contribution in [2.24, 2.45) is 0 Å².